The summed E-state index contributed by atoms with van der Waals surface area (Å²) in [5, 5.41) is 9.10. The van der Waals surface area contributed by atoms with Crippen LogP contribution in [0.3, 0.4) is 0 Å². The lowest BCUT2D eigenvalue weighted by Crippen LogP contribution is -2.32. The predicted molar refractivity (Wildman–Crippen MR) is 92.4 cm³/mol. The first-order valence-electron chi connectivity index (χ1n) is 8.39. The molecule has 24 heavy (non-hydrogen) atoms. The molecule has 2 aromatic heterocycles. The Bertz CT molecular complexity index is 795. The van der Waals surface area contributed by atoms with Gasteiger partial charge in [-0.2, -0.15) is 5.10 Å². The molecule has 3 atom stereocenters. The van der Waals surface area contributed by atoms with Crippen molar-refractivity contribution in [2.24, 2.45) is 17.8 Å². The lowest BCUT2D eigenvalue weighted by Gasteiger charge is -2.18. The van der Waals surface area contributed by atoms with Crippen molar-refractivity contribution in [3.63, 3.8) is 0 Å². The minimum atomic E-state index is -0.0245. The third-order valence-electron chi connectivity index (χ3n) is 5.20. The van der Waals surface area contributed by atoms with Crippen molar-refractivity contribution < 1.29 is 9.59 Å². The third-order valence-corrected chi connectivity index (χ3v) is 6.26. The molecule has 126 valence electrons. The summed E-state index contributed by atoms with van der Waals surface area (Å²) >= 11 is 1.53. The molecule has 1 N–H and O–H groups in total. The average molecular weight is 343 g/mol. The van der Waals surface area contributed by atoms with Gasteiger partial charge in [0, 0.05) is 24.7 Å². The number of rotatable bonds is 4. The Morgan fingerprint density at radius 1 is 1.29 bits per heavy atom. The Balaban J connectivity index is 1.39. The van der Waals surface area contributed by atoms with E-state index in [1.165, 1.54) is 11.3 Å². The maximum atomic E-state index is 12.6. The second-order valence-electron chi connectivity index (χ2n) is 7.28. The quantitative estimate of drug-likeness (QED) is 0.868. The number of likely N-dealkylation sites (tertiary alicyclic amines) is 1. The zero-order valence-electron chi connectivity index (χ0n) is 14.1. The number of nitrogens with one attached hydrogen (secondary N) is 1. The molecule has 1 saturated carbocycles. The third kappa shape index (κ3) is 2.49. The van der Waals surface area contributed by atoms with E-state index in [9.17, 15) is 9.59 Å². The van der Waals surface area contributed by atoms with E-state index in [0.717, 1.165) is 16.1 Å². The molecule has 2 aromatic rings. The first-order chi connectivity index (χ1) is 11.5. The molecule has 5 nitrogen and oxygen atoms in total. The number of carbonyl (C=O) groups excluding carboxylic acids is 2. The van der Waals surface area contributed by atoms with Crippen molar-refractivity contribution in [1.82, 2.24) is 15.1 Å². The van der Waals surface area contributed by atoms with Crippen molar-refractivity contribution >= 4 is 23.0 Å². The number of fused-ring (bicyclic) bond motifs is 1. The minimum Gasteiger partial charge on any atom is -0.337 e. The molecule has 6 heteroatoms. The fourth-order valence-electron chi connectivity index (χ4n) is 3.71. The monoisotopic (exact) mass is 343 g/mol. The molecule has 0 bridgehead atoms. The molecular weight excluding hydrogens is 322 g/mol. The van der Waals surface area contributed by atoms with Crippen LogP contribution in [0.2, 0.25) is 0 Å². The van der Waals surface area contributed by atoms with Gasteiger partial charge in [0.25, 0.3) is 5.91 Å². The van der Waals surface area contributed by atoms with Crippen LogP contribution >= 0.6 is 11.3 Å². The average Bonchev–Trinajstić information content (AvgIpc) is 3.05. The van der Waals surface area contributed by atoms with E-state index in [1.54, 1.807) is 0 Å². The van der Waals surface area contributed by atoms with Crippen molar-refractivity contribution in [3.8, 4) is 0 Å². The number of thiophene rings is 1. The molecule has 2 fully saturated rings. The molecule has 1 amide bonds. The molecule has 2 aliphatic rings. The van der Waals surface area contributed by atoms with Crippen LogP contribution in [-0.4, -0.2) is 39.9 Å². The fraction of sp³-hybridized carbons (Fsp3) is 0.500. The van der Waals surface area contributed by atoms with Gasteiger partial charge in [0.05, 0.1) is 4.88 Å². The number of Topliss-reactive ketones (excluding diaryl/α,β-unsaturated/α-hetero) is 1. The number of aromatic nitrogens is 2. The van der Waals surface area contributed by atoms with Gasteiger partial charge in [0.15, 0.2) is 5.78 Å². The van der Waals surface area contributed by atoms with Gasteiger partial charge >= 0.3 is 0 Å². The largest absolute Gasteiger partial charge is 0.337 e. The van der Waals surface area contributed by atoms with Gasteiger partial charge in [-0.3, -0.25) is 14.7 Å². The number of nitrogens with zero attached hydrogens (tertiary/aromatic N) is 2. The van der Waals surface area contributed by atoms with E-state index < -0.39 is 0 Å². The van der Waals surface area contributed by atoms with Crippen LogP contribution in [0.5, 0.6) is 0 Å². The number of ketones is 1. The van der Waals surface area contributed by atoms with E-state index in [4.69, 9.17) is 0 Å². The highest BCUT2D eigenvalue weighted by molar-refractivity contribution is 7.12. The van der Waals surface area contributed by atoms with Crippen molar-refractivity contribution in [2.75, 3.05) is 13.1 Å². The number of hydrogen-bond acceptors (Lipinski definition) is 4. The molecule has 1 saturated heterocycles. The number of hydrogen-bond donors (Lipinski definition) is 1. The Morgan fingerprint density at radius 3 is 2.54 bits per heavy atom. The molecule has 3 heterocycles. The van der Waals surface area contributed by atoms with Gasteiger partial charge in [-0.25, -0.2) is 0 Å². The second kappa shape index (κ2) is 5.55. The van der Waals surface area contributed by atoms with Gasteiger partial charge in [0.1, 0.15) is 5.69 Å². The Labute approximate surface area is 145 Å². The van der Waals surface area contributed by atoms with Gasteiger partial charge in [-0.1, -0.05) is 13.8 Å². The SMILES string of the molecule is Cc1csc(C(=O)C2[C@H]3CN(C(=O)c4cc(C(C)C)[nH]n4)C[C@@H]23)c1. The summed E-state index contributed by atoms with van der Waals surface area (Å²) in [6.45, 7) is 7.49. The van der Waals surface area contributed by atoms with Crippen LogP contribution < -0.4 is 0 Å². The number of aryl methyl sites for hydroxylation is 1. The predicted octanol–water partition coefficient (Wildman–Crippen LogP) is 3.10. The van der Waals surface area contributed by atoms with Crippen LogP contribution in [-0.2, 0) is 0 Å². The molecule has 0 radical (unpaired) electrons. The van der Waals surface area contributed by atoms with Crippen molar-refractivity contribution in [2.45, 2.75) is 26.7 Å². The summed E-state index contributed by atoms with van der Waals surface area (Å²) in [7, 11) is 0. The fourth-order valence-corrected chi connectivity index (χ4v) is 4.60. The van der Waals surface area contributed by atoms with E-state index >= 15 is 0 Å². The standard InChI is InChI=1S/C18H21N3O2S/c1-9(2)13-5-14(20-19-13)18(23)21-6-11-12(7-21)16(11)17(22)15-4-10(3)8-24-15/h4-5,8-9,11-12,16H,6-7H2,1-3H3,(H,19,20)/t11-,12+,16?. The number of aromatic amines is 1. The summed E-state index contributed by atoms with van der Waals surface area (Å²) < 4.78 is 0. The van der Waals surface area contributed by atoms with Crippen molar-refractivity contribution in [1.29, 1.82) is 0 Å². The van der Waals surface area contributed by atoms with Gasteiger partial charge in [0.2, 0.25) is 0 Å². The smallest absolute Gasteiger partial charge is 0.274 e. The van der Waals surface area contributed by atoms with E-state index in [-0.39, 0.29) is 17.6 Å². The summed E-state index contributed by atoms with van der Waals surface area (Å²) in [6, 6.07) is 3.81. The zero-order chi connectivity index (χ0) is 17.0. The number of carbonyl (C=O) groups is 2. The van der Waals surface area contributed by atoms with Crippen LogP contribution in [0.1, 0.15) is 51.2 Å². The van der Waals surface area contributed by atoms with Crippen LogP contribution in [0.25, 0.3) is 0 Å². The van der Waals surface area contributed by atoms with Gasteiger partial charge in [-0.15, -0.1) is 11.3 Å². The maximum Gasteiger partial charge on any atom is 0.274 e. The molecule has 0 spiro atoms. The topological polar surface area (TPSA) is 66.1 Å². The number of piperidine rings is 1. The molecular formula is C18H21N3O2S. The van der Waals surface area contributed by atoms with Crippen LogP contribution in [0.15, 0.2) is 17.5 Å². The van der Waals surface area contributed by atoms with E-state index in [0.29, 0.717) is 36.5 Å². The normalized spacial score (nSPS) is 25.2. The summed E-state index contributed by atoms with van der Waals surface area (Å²) in [4.78, 5) is 27.8. The van der Waals surface area contributed by atoms with Gasteiger partial charge < -0.3 is 4.90 Å². The molecule has 0 aromatic carbocycles. The summed E-state index contributed by atoms with van der Waals surface area (Å²) in [6.07, 6.45) is 0. The highest BCUT2D eigenvalue weighted by Gasteiger charge is 2.60. The highest BCUT2D eigenvalue weighted by atomic mass is 32.1. The number of amides is 1. The Hall–Kier alpha value is -1.95. The maximum absolute atomic E-state index is 12.6. The Morgan fingerprint density at radius 2 is 2.00 bits per heavy atom. The zero-order valence-corrected chi connectivity index (χ0v) is 14.9. The highest BCUT2D eigenvalue weighted by Crippen LogP contribution is 2.53. The molecule has 1 unspecified atom stereocenters. The number of H-pyrrole nitrogens is 1. The van der Waals surface area contributed by atoms with Crippen LogP contribution in [0, 0.1) is 24.7 Å². The first kappa shape index (κ1) is 15.6. The molecule has 1 aliphatic heterocycles. The van der Waals surface area contributed by atoms with Crippen molar-refractivity contribution in [3.05, 3.63) is 39.3 Å². The van der Waals surface area contributed by atoms with E-state index in [2.05, 4.69) is 24.0 Å². The summed E-state index contributed by atoms with van der Waals surface area (Å²) in [5.41, 5.74) is 2.60. The first-order valence-corrected chi connectivity index (χ1v) is 9.27. The Kier molecular flexibility index (Phi) is 3.60. The minimum absolute atomic E-state index is 0.0245. The lowest BCUT2D eigenvalue weighted by atomic mass is 10.1. The summed E-state index contributed by atoms with van der Waals surface area (Å²) in [5.74, 6) is 1.32. The van der Waals surface area contributed by atoms with Crippen LogP contribution in [0.4, 0.5) is 0 Å². The second-order valence-corrected chi connectivity index (χ2v) is 8.19. The van der Waals surface area contributed by atoms with Gasteiger partial charge in [-0.05, 0) is 47.8 Å². The molecule has 1 aliphatic carbocycles. The molecule has 4 rings (SSSR count). The van der Waals surface area contributed by atoms with E-state index in [1.807, 2.05) is 29.3 Å². The lowest BCUT2D eigenvalue weighted by molar-refractivity contribution is 0.0747.